The van der Waals surface area contributed by atoms with Gasteiger partial charge in [-0.3, -0.25) is 4.79 Å². The molecule has 1 aliphatic heterocycles. The van der Waals surface area contributed by atoms with Gasteiger partial charge in [0.05, 0.1) is 12.6 Å². The van der Waals surface area contributed by atoms with Crippen LogP contribution in [0, 0.1) is 0 Å². The highest BCUT2D eigenvalue weighted by Crippen LogP contribution is 2.11. The number of nitrogens with zero attached hydrogens (tertiary/aromatic N) is 2. The molecule has 5 nitrogen and oxygen atoms in total. The molecular weight excluding hydrogens is 208 g/mol. The summed E-state index contributed by atoms with van der Waals surface area (Å²) in [5.74, 6) is 0.0449. The van der Waals surface area contributed by atoms with Crippen LogP contribution in [0.4, 0.5) is 0 Å². The Morgan fingerprint density at radius 2 is 2.31 bits per heavy atom. The van der Waals surface area contributed by atoms with Crippen LogP contribution in [0.1, 0.15) is 12.8 Å². The average Bonchev–Trinajstić information content (AvgIpc) is 2.22. The van der Waals surface area contributed by atoms with Gasteiger partial charge in [0.2, 0.25) is 5.91 Å². The number of hydrogen-bond donors (Lipinski definition) is 1. The third kappa shape index (κ3) is 4.08. The highest BCUT2D eigenvalue weighted by Gasteiger charge is 2.27. The van der Waals surface area contributed by atoms with Crippen LogP contribution in [0.25, 0.3) is 0 Å². The predicted octanol–water partition coefficient (Wildman–Crippen LogP) is -0.452. The Kier molecular flexibility index (Phi) is 5.73. The first-order valence-electron chi connectivity index (χ1n) is 5.78. The normalized spacial score (nSPS) is 21.9. The lowest BCUT2D eigenvalue weighted by Gasteiger charge is -2.35. The maximum absolute atomic E-state index is 11.7. The summed E-state index contributed by atoms with van der Waals surface area (Å²) in [6.07, 6.45) is 1.56. The first kappa shape index (κ1) is 13.4. The number of ether oxygens (including phenoxy) is 1. The summed E-state index contributed by atoms with van der Waals surface area (Å²) in [6.45, 7) is 2.56. The fraction of sp³-hybridized carbons (Fsp3) is 0.909. The average molecular weight is 230 g/mol. The number of amides is 1. The molecule has 0 saturated carbocycles. The van der Waals surface area contributed by atoms with Gasteiger partial charge in [0.15, 0.2) is 0 Å². The molecule has 1 aliphatic rings. The molecule has 16 heavy (non-hydrogen) atoms. The van der Waals surface area contributed by atoms with Crippen molar-refractivity contribution < 1.29 is 14.6 Å². The van der Waals surface area contributed by atoms with E-state index in [-0.39, 0.29) is 25.2 Å². The van der Waals surface area contributed by atoms with Crippen molar-refractivity contribution in [2.75, 3.05) is 47.0 Å². The summed E-state index contributed by atoms with van der Waals surface area (Å²) in [6, 6.07) is 0.0495. The van der Waals surface area contributed by atoms with E-state index in [1.54, 1.807) is 0 Å². The Morgan fingerprint density at radius 3 is 2.94 bits per heavy atom. The molecule has 94 valence electrons. The number of carbonyl (C=O) groups excluding carboxylic acids is 1. The maximum Gasteiger partial charge on any atom is 0.248 e. The lowest BCUT2D eigenvalue weighted by atomic mass is 10.1. The Balaban J connectivity index is 2.40. The summed E-state index contributed by atoms with van der Waals surface area (Å²) >= 11 is 0. The Bertz CT molecular complexity index is 219. The van der Waals surface area contributed by atoms with Gasteiger partial charge in [-0.2, -0.15) is 0 Å². The van der Waals surface area contributed by atoms with Crippen molar-refractivity contribution in [1.82, 2.24) is 9.80 Å². The minimum absolute atomic E-state index is 0.0449. The second-order valence-electron chi connectivity index (χ2n) is 4.43. The van der Waals surface area contributed by atoms with Crippen molar-refractivity contribution in [2.24, 2.45) is 0 Å². The van der Waals surface area contributed by atoms with Crippen LogP contribution in [-0.2, 0) is 9.53 Å². The number of morpholine rings is 1. The first-order valence-corrected chi connectivity index (χ1v) is 5.78. The van der Waals surface area contributed by atoms with Gasteiger partial charge in [0.1, 0.15) is 6.61 Å². The lowest BCUT2D eigenvalue weighted by molar-refractivity contribution is -0.148. The summed E-state index contributed by atoms with van der Waals surface area (Å²) in [4.78, 5) is 15.6. The number of carbonyl (C=O) groups is 1. The fourth-order valence-corrected chi connectivity index (χ4v) is 1.91. The van der Waals surface area contributed by atoms with E-state index in [0.717, 1.165) is 19.5 Å². The first-order chi connectivity index (χ1) is 7.65. The van der Waals surface area contributed by atoms with Gasteiger partial charge < -0.3 is 19.6 Å². The number of hydrogen-bond acceptors (Lipinski definition) is 4. The molecule has 1 heterocycles. The Labute approximate surface area is 97.0 Å². The zero-order chi connectivity index (χ0) is 12.0. The predicted molar refractivity (Wildman–Crippen MR) is 61.2 cm³/mol. The van der Waals surface area contributed by atoms with Crippen LogP contribution in [-0.4, -0.2) is 73.9 Å². The minimum Gasteiger partial charge on any atom is -0.396 e. The van der Waals surface area contributed by atoms with E-state index < -0.39 is 0 Å². The second kappa shape index (κ2) is 6.83. The van der Waals surface area contributed by atoms with Gasteiger partial charge in [0.25, 0.3) is 0 Å². The molecule has 0 aromatic rings. The molecule has 0 aliphatic carbocycles. The molecule has 1 N–H and O–H groups in total. The zero-order valence-corrected chi connectivity index (χ0v) is 10.2. The quantitative estimate of drug-likeness (QED) is 0.671. The molecule has 0 aromatic heterocycles. The van der Waals surface area contributed by atoms with E-state index >= 15 is 0 Å². The van der Waals surface area contributed by atoms with Crippen LogP contribution in [0.15, 0.2) is 0 Å². The van der Waals surface area contributed by atoms with Gasteiger partial charge in [0, 0.05) is 13.2 Å². The lowest BCUT2D eigenvalue weighted by Crippen LogP contribution is -2.50. The molecule has 0 radical (unpaired) electrons. The molecule has 0 aromatic carbocycles. The monoisotopic (exact) mass is 230 g/mol. The highest BCUT2D eigenvalue weighted by atomic mass is 16.5. The summed E-state index contributed by atoms with van der Waals surface area (Å²) in [7, 11) is 4.04. The van der Waals surface area contributed by atoms with E-state index in [4.69, 9.17) is 9.84 Å². The zero-order valence-electron chi connectivity index (χ0n) is 10.2. The van der Waals surface area contributed by atoms with Crippen molar-refractivity contribution in [2.45, 2.75) is 18.9 Å². The molecule has 0 bridgehead atoms. The number of rotatable bonds is 6. The van der Waals surface area contributed by atoms with Crippen LogP contribution in [0.5, 0.6) is 0 Å². The standard InChI is InChI=1S/C11H22N2O3/c1-12(2)5-3-6-13-10(4-7-14)8-16-9-11(13)15/h10,14H,3-9H2,1-2H3. The van der Waals surface area contributed by atoms with E-state index in [9.17, 15) is 4.79 Å². The van der Waals surface area contributed by atoms with E-state index in [0.29, 0.717) is 13.0 Å². The molecule has 1 rings (SSSR count). The fourth-order valence-electron chi connectivity index (χ4n) is 1.91. The van der Waals surface area contributed by atoms with Gasteiger partial charge in [-0.05, 0) is 33.5 Å². The number of aliphatic hydroxyl groups is 1. The Morgan fingerprint density at radius 1 is 1.56 bits per heavy atom. The second-order valence-corrected chi connectivity index (χ2v) is 4.43. The van der Waals surface area contributed by atoms with E-state index in [2.05, 4.69) is 4.90 Å². The topological polar surface area (TPSA) is 53.0 Å². The van der Waals surface area contributed by atoms with Crippen LogP contribution in [0.2, 0.25) is 0 Å². The number of aliphatic hydroxyl groups excluding tert-OH is 1. The molecule has 1 amide bonds. The molecule has 1 unspecified atom stereocenters. The molecule has 1 atom stereocenters. The van der Waals surface area contributed by atoms with Crippen molar-refractivity contribution >= 4 is 5.91 Å². The van der Waals surface area contributed by atoms with Crippen LogP contribution >= 0.6 is 0 Å². The van der Waals surface area contributed by atoms with Crippen molar-refractivity contribution in [3.8, 4) is 0 Å². The SMILES string of the molecule is CN(C)CCCN1C(=O)COCC1CCO. The van der Waals surface area contributed by atoms with Crippen LogP contribution in [0.3, 0.4) is 0 Å². The smallest absolute Gasteiger partial charge is 0.248 e. The molecular formula is C11H22N2O3. The maximum atomic E-state index is 11.7. The minimum atomic E-state index is 0.0449. The largest absolute Gasteiger partial charge is 0.396 e. The molecule has 1 saturated heterocycles. The molecule has 5 heteroatoms. The third-order valence-electron chi connectivity index (χ3n) is 2.76. The van der Waals surface area contributed by atoms with Crippen molar-refractivity contribution in [3.63, 3.8) is 0 Å². The van der Waals surface area contributed by atoms with Gasteiger partial charge in [-0.25, -0.2) is 0 Å². The summed E-state index contributed by atoms with van der Waals surface area (Å²) in [5.41, 5.74) is 0. The highest BCUT2D eigenvalue weighted by molar-refractivity contribution is 5.78. The third-order valence-corrected chi connectivity index (χ3v) is 2.76. The van der Waals surface area contributed by atoms with Gasteiger partial charge in [-0.1, -0.05) is 0 Å². The van der Waals surface area contributed by atoms with Gasteiger partial charge in [-0.15, -0.1) is 0 Å². The van der Waals surface area contributed by atoms with E-state index in [1.165, 1.54) is 0 Å². The molecule has 0 spiro atoms. The van der Waals surface area contributed by atoms with Crippen molar-refractivity contribution in [3.05, 3.63) is 0 Å². The Hall–Kier alpha value is -0.650. The molecule has 1 fully saturated rings. The van der Waals surface area contributed by atoms with Crippen LogP contribution < -0.4 is 0 Å². The van der Waals surface area contributed by atoms with E-state index in [1.807, 2.05) is 19.0 Å². The summed E-state index contributed by atoms with van der Waals surface area (Å²) in [5, 5.41) is 8.93. The van der Waals surface area contributed by atoms with Crippen molar-refractivity contribution in [1.29, 1.82) is 0 Å². The van der Waals surface area contributed by atoms with Gasteiger partial charge >= 0.3 is 0 Å². The summed E-state index contributed by atoms with van der Waals surface area (Å²) < 4.78 is 5.19.